The van der Waals surface area contributed by atoms with Gasteiger partial charge in [0, 0.05) is 31.4 Å². The van der Waals surface area contributed by atoms with Crippen LogP contribution in [-0.4, -0.2) is 44.8 Å². The summed E-state index contributed by atoms with van der Waals surface area (Å²) in [4.78, 5) is 22.1. The summed E-state index contributed by atoms with van der Waals surface area (Å²) in [5.41, 5.74) is 2.92. The van der Waals surface area contributed by atoms with Crippen LogP contribution in [0.1, 0.15) is 35.7 Å². The average molecular weight is 379 g/mol. The molecule has 146 valence electrons. The first kappa shape index (κ1) is 18.4. The van der Waals surface area contributed by atoms with Gasteiger partial charge in [0.15, 0.2) is 0 Å². The van der Waals surface area contributed by atoms with Crippen LogP contribution < -0.4 is 10.4 Å². The Bertz CT molecular complexity index is 993. The molecule has 7 nitrogen and oxygen atoms in total. The number of nitrogens with zero attached hydrogens (tertiary/aromatic N) is 4. The van der Waals surface area contributed by atoms with E-state index in [9.17, 15) is 4.79 Å². The van der Waals surface area contributed by atoms with Crippen molar-refractivity contribution >= 4 is 0 Å². The van der Waals surface area contributed by atoms with E-state index < -0.39 is 0 Å². The van der Waals surface area contributed by atoms with Crippen LogP contribution in [-0.2, 0) is 6.54 Å². The Morgan fingerprint density at radius 1 is 1.25 bits per heavy atom. The molecule has 0 saturated carbocycles. The van der Waals surface area contributed by atoms with E-state index in [1.54, 1.807) is 7.11 Å². The zero-order valence-electron chi connectivity index (χ0n) is 16.3. The summed E-state index contributed by atoms with van der Waals surface area (Å²) in [6.07, 6.45) is 5.91. The van der Waals surface area contributed by atoms with Gasteiger partial charge in [-0.1, -0.05) is 6.07 Å². The fourth-order valence-corrected chi connectivity index (χ4v) is 3.81. The number of hydrogen-bond acceptors (Lipinski definition) is 5. The van der Waals surface area contributed by atoms with E-state index in [1.807, 2.05) is 36.7 Å². The monoisotopic (exact) mass is 379 g/mol. The predicted octanol–water partition coefficient (Wildman–Crippen LogP) is 2.65. The molecule has 3 aromatic rings. The lowest BCUT2D eigenvalue weighted by atomic mass is 9.97. The Balaban J connectivity index is 1.50. The molecule has 0 aliphatic carbocycles. The zero-order valence-corrected chi connectivity index (χ0v) is 16.3. The molecular weight excluding hydrogens is 354 g/mol. The lowest BCUT2D eigenvalue weighted by Crippen LogP contribution is -2.34. The SMILES string of the molecule is COc1ccc(-n2nc(C3CCCN(Cc4cncc(C)c4)C3)[nH]c2=O)cc1. The number of methoxy groups -OCH3 is 1. The van der Waals surface area contributed by atoms with E-state index in [4.69, 9.17) is 4.74 Å². The van der Waals surface area contributed by atoms with Crippen molar-refractivity contribution in [1.82, 2.24) is 24.6 Å². The summed E-state index contributed by atoms with van der Waals surface area (Å²) in [7, 11) is 1.62. The first-order chi connectivity index (χ1) is 13.6. The van der Waals surface area contributed by atoms with Crippen LogP contribution in [0.3, 0.4) is 0 Å². The number of aromatic amines is 1. The van der Waals surface area contributed by atoms with E-state index in [1.165, 1.54) is 15.8 Å². The van der Waals surface area contributed by atoms with Crippen LogP contribution >= 0.6 is 0 Å². The molecule has 28 heavy (non-hydrogen) atoms. The summed E-state index contributed by atoms with van der Waals surface area (Å²) in [6, 6.07) is 9.51. The number of pyridine rings is 1. The predicted molar refractivity (Wildman–Crippen MR) is 107 cm³/mol. The van der Waals surface area contributed by atoms with Crippen molar-refractivity contribution in [2.24, 2.45) is 0 Å². The average Bonchev–Trinajstić information content (AvgIpc) is 3.10. The third-order valence-electron chi connectivity index (χ3n) is 5.18. The van der Waals surface area contributed by atoms with Gasteiger partial charge in [0.1, 0.15) is 11.6 Å². The van der Waals surface area contributed by atoms with Crippen LogP contribution in [0.4, 0.5) is 0 Å². The van der Waals surface area contributed by atoms with Crippen LogP contribution in [0.25, 0.3) is 5.69 Å². The fourth-order valence-electron chi connectivity index (χ4n) is 3.81. The molecule has 1 saturated heterocycles. The highest BCUT2D eigenvalue weighted by atomic mass is 16.5. The lowest BCUT2D eigenvalue weighted by Gasteiger charge is -2.31. The summed E-state index contributed by atoms with van der Waals surface area (Å²) >= 11 is 0. The molecule has 1 fully saturated rings. The van der Waals surface area contributed by atoms with E-state index in [2.05, 4.69) is 33.0 Å². The minimum atomic E-state index is -0.208. The highest BCUT2D eigenvalue weighted by Crippen LogP contribution is 2.25. The maximum atomic E-state index is 12.4. The Morgan fingerprint density at radius 2 is 2.07 bits per heavy atom. The molecule has 1 unspecified atom stereocenters. The number of aryl methyl sites for hydroxylation is 1. The number of H-pyrrole nitrogens is 1. The van der Waals surface area contributed by atoms with Gasteiger partial charge in [0.25, 0.3) is 0 Å². The van der Waals surface area contributed by atoms with Gasteiger partial charge in [-0.15, -0.1) is 5.10 Å². The minimum Gasteiger partial charge on any atom is -0.497 e. The number of nitrogens with one attached hydrogen (secondary N) is 1. The number of piperidine rings is 1. The Morgan fingerprint density at radius 3 is 2.82 bits per heavy atom. The second-order valence-electron chi connectivity index (χ2n) is 7.37. The van der Waals surface area contributed by atoms with Gasteiger partial charge in [-0.2, -0.15) is 4.68 Å². The van der Waals surface area contributed by atoms with Gasteiger partial charge in [-0.25, -0.2) is 4.79 Å². The number of rotatable bonds is 5. The third kappa shape index (κ3) is 3.99. The van der Waals surface area contributed by atoms with E-state index in [0.29, 0.717) is 0 Å². The molecule has 1 aliphatic heterocycles. The van der Waals surface area contributed by atoms with Crippen molar-refractivity contribution in [2.45, 2.75) is 32.2 Å². The van der Waals surface area contributed by atoms with Crippen LogP contribution in [0.15, 0.2) is 47.5 Å². The first-order valence-electron chi connectivity index (χ1n) is 9.59. The normalized spacial score (nSPS) is 17.6. The van der Waals surface area contributed by atoms with Crippen molar-refractivity contribution in [2.75, 3.05) is 20.2 Å². The Hall–Kier alpha value is -2.93. The molecule has 1 aromatic carbocycles. The molecule has 1 atom stereocenters. The molecule has 0 bridgehead atoms. The van der Waals surface area contributed by atoms with Crippen LogP contribution in [0.2, 0.25) is 0 Å². The van der Waals surface area contributed by atoms with E-state index in [-0.39, 0.29) is 11.6 Å². The number of benzene rings is 1. The molecule has 2 aromatic heterocycles. The van der Waals surface area contributed by atoms with Crippen LogP contribution in [0.5, 0.6) is 5.75 Å². The Kier molecular flexibility index (Phi) is 5.25. The number of likely N-dealkylation sites (tertiary alicyclic amines) is 1. The Labute approximate surface area is 164 Å². The second kappa shape index (κ2) is 7.98. The van der Waals surface area contributed by atoms with Crippen molar-refractivity contribution in [3.05, 3.63) is 70.2 Å². The highest BCUT2D eigenvalue weighted by Gasteiger charge is 2.25. The second-order valence-corrected chi connectivity index (χ2v) is 7.37. The van der Waals surface area contributed by atoms with Gasteiger partial charge in [-0.05, 0) is 61.7 Å². The molecule has 0 amide bonds. The summed E-state index contributed by atoms with van der Waals surface area (Å²) < 4.78 is 6.61. The topological polar surface area (TPSA) is 76.0 Å². The molecular formula is C21H25N5O2. The van der Waals surface area contributed by atoms with Gasteiger partial charge in [0.05, 0.1) is 12.8 Å². The summed E-state index contributed by atoms with van der Waals surface area (Å²) in [5, 5.41) is 4.58. The van der Waals surface area contributed by atoms with E-state index in [0.717, 1.165) is 49.7 Å². The minimum absolute atomic E-state index is 0.208. The molecule has 0 radical (unpaired) electrons. The molecule has 3 heterocycles. The highest BCUT2D eigenvalue weighted by molar-refractivity contribution is 5.36. The van der Waals surface area contributed by atoms with Gasteiger partial charge in [-0.3, -0.25) is 14.9 Å². The van der Waals surface area contributed by atoms with Crippen molar-refractivity contribution in [3.63, 3.8) is 0 Å². The quantitative estimate of drug-likeness (QED) is 0.738. The maximum Gasteiger partial charge on any atom is 0.348 e. The molecule has 7 heteroatoms. The summed E-state index contributed by atoms with van der Waals surface area (Å²) in [6.45, 7) is 4.86. The van der Waals surface area contributed by atoms with Gasteiger partial charge >= 0.3 is 5.69 Å². The maximum absolute atomic E-state index is 12.4. The smallest absolute Gasteiger partial charge is 0.348 e. The van der Waals surface area contributed by atoms with Crippen LogP contribution in [0, 0.1) is 6.92 Å². The van der Waals surface area contributed by atoms with Crippen molar-refractivity contribution in [1.29, 1.82) is 0 Å². The molecule has 1 N–H and O–H groups in total. The number of ether oxygens (including phenoxy) is 1. The van der Waals surface area contributed by atoms with Crippen molar-refractivity contribution < 1.29 is 4.74 Å². The summed E-state index contributed by atoms with van der Waals surface area (Å²) in [5.74, 6) is 1.73. The molecule has 0 spiro atoms. The number of aromatic nitrogens is 4. The number of hydrogen-bond donors (Lipinski definition) is 1. The largest absolute Gasteiger partial charge is 0.497 e. The third-order valence-corrected chi connectivity index (χ3v) is 5.18. The fraction of sp³-hybridized carbons (Fsp3) is 0.381. The zero-order chi connectivity index (χ0) is 19.5. The lowest BCUT2D eigenvalue weighted by molar-refractivity contribution is 0.196. The van der Waals surface area contributed by atoms with E-state index >= 15 is 0 Å². The molecule has 1 aliphatic rings. The van der Waals surface area contributed by atoms with Gasteiger partial charge < -0.3 is 4.74 Å². The van der Waals surface area contributed by atoms with Crippen molar-refractivity contribution in [3.8, 4) is 11.4 Å². The van der Waals surface area contributed by atoms with Gasteiger partial charge in [0.2, 0.25) is 0 Å². The standard InChI is InChI=1S/C21H25N5O2/c1-15-10-16(12-22-11-15)13-25-9-3-4-17(14-25)20-23-21(27)26(24-20)18-5-7-19(28-2)8-6-18/h5-8,10-12,17H,3-4,9,13-14H2,1-2H3,(H,23,24,27). The molecule has 4 rings (SSSR count). The first-order valence-corrected chi connectivity index (χ1v) is 9.59.